The first kappa shape index (κ1) is 21.5. The topological polar surface area (TPSA) is 66.7 Å². The van der Waals surface area contributed by atoms with Crippen LogP contribution in [0.15, 0.2) is 41.6 Å². The number of oxime groups is 1. The van der Waals surface area contributed by atoms with Gasteiger partial charge >= 0.3 is 0 Å². The predicted molar refractivity (Wildman–Crippen MR) is 113 cm³/mol. The van der Waals surface area contributed by atoms with E-state index < -0.39 is 0 Å². The van der Waals surface area contributed by atoms with Gasteiger partial charge in [0.25, 0.3) is 0 Å². The van der Waals surface area contributed by atoms with E-state index in [2.05, 4.69) is 12.1 Å². The second-order valence-corrected chi connectivity index (χ2v) is 7.27. The summed E-state index contributed by atoms with van der Waals surface area (Å²) in [5, 5.41) is 12.7. The third-order valence-electron chi connectivity index (χ3n) is 5.11. The van der Waals surface area contributed by atoms with Crippen molar-refractivity contribution >= 4 is 17.3 Å². The van der Waals surface area contributed by atoms with Gasteiger partial charge in [-0.25, -0.2) is 0 Å². The number of unbranched alkanes of at least 4 members (excludes halogenated alkanes) is 3. The molecule has 148 valence electrons. The summed E-state index contributed by atoms with van der Waals surface area (Å²) in [6.07, 6.45) is 4.42. The minimum atomic E-state index is -0.295. The number of benzene rings is 2. The minimum absolute atomic E-state index is 0.102. The molecule has 0 saturated heterocycles. The molecule has 0 radical (unpaired) electrons. The Hall–Kier alpha value is -2.75. The quantitative estimate of drug-likeness (QED) is 0.196. The largest absolute Gasteiger partial charge is 0.411 e. The van der Waals surface area contributed by atoms with Crippen LogP contribution in [0.4, 0.5) is 0 Å². The Kier molecular flexibility index (Phi) is 7.68. The fourth-order valence-corrected chi connectivity index (χ4v) is 3.69. The first-order valence-corrected chi connectivity index (χ1v) is 9.88. The number of carbonyl (C=O) groups excluding carboxylic acids is 2. The Morgan fingerprint density at radius 2 is 1.57 bits per heavy atom. The van der Waals surface area contributed by atoms with Crippen molar-refractivity contribution in [2.75, 3.05) is 0 Å². The molecule has 0 aliphatic carbocycles. The fraction of sp³-hybridized carbons (Fsp3) is 0.375. The highest BCUT2D eigenvalue weighted by Gasteiger charge is 2.24. The molecule has 0 aromatic heterocycles. The number of carbonyl (C=O) groups is 2. The van der Waals surface area contributed by atoms with Crippen LogP contribution in [0.3, 0.4) is 0 Å². The van der Waals surface area contributed by atoms with Crippen molar-refractivity contribution in [2.45, 2.75) is 59.8 Å². The third-order valence-corrected chi connectivity index (χ3v) is 5.11. The molecule has 0 aliphatic rings. The molecule has 0 bridgehead atoms. The molecule has 0 saturated carbocycles. The van der Waals surface area contributed by atoms with Gasteiger partial charge in [-0.05, 0) is 50.3 Å². The molecule has 0 atom stereocenters. The number of ketones is 2. The smallest absolute Gasteiger partial charge is 0.211 e. The van der Waals surface area contributed by atoms with Crippen LogP contribution in [0, 0.1) is 20.8 Å². The average Bonchev–Trinajstić information content (AvgIpc) is 2.68. The van der Waals surface area contributed by atoms with Crippen LogP contribution < -0.4 is 0 Å². The lowest BCUT2D eigenvalue weighted by atomic mass is 9.86. The lowest BCUT2D eigenvalue weighted by Gasteiger charge is -2.16. The van der Waals surface area contributed by atoms with Crippen LogP contribution in [-0.4, -0.2) is 22.5 Å². The first-order valence-electron chi connectivity index (χ1n) is 9.88. The maximum absolute atomic E-state index is 13.1. The predicted octanol–water partition coefficient (Wildman–Crippen LogP) is 5.83. The van der Waals surface area contributed by atoms with Gasteiger partial charge in [0, 0.05) is 16.7 Å². The molecule has 0 aliphatic heterocycles. The third kappa shape index (κ3) is 4.75. The van der Waals surface area contributed by atoms with Gasteiger partial charge < -0.3 is 5.21 Å². The van der Waals surface area contributed by atoms with E-state index in [0.717, 1.165) is 36.8 Å². The Morgan fingerprint density at radius 3 is 2.18 bits per heavy atom. The maximum atomic E-state index is 13.1. The molecular formula is C24H29NO3. The van der Waals surface area contributed by atoms with E-state index in [1.54, 1.807) is 19.1 Å². The molecule has 4 nitrogen and oxygen atoms in total. The van der Waals surface area contributed by atoms with Crippen molar-refractivity contribution in [3.05, 3.63) is 69.8 Å². The summed E-state index contributed by atoms with van der Waals surface area (Å²) in [6.45, 7) is 7.66. The lowest BCUT2D eigenvalue weighted by Crippen LogP contribution is -2.20. The van der Waals surface area contributed by atoms with Crippen molar-refractivity contribution in [2.24, 2.45) is 5.16 Å². The van der Waals surface area contributed by atoms with Gasteiger partial charge in [-0.2, -0.15) is 0 Å². The zero-order valence-electron chi connectivity index (χ0n) is 17.2. The monoisotopic (exact) mass is 379 g/mol. The maximum Gasteiger partial charge on any atom is 0.211 e. The average molecular weight is 380 g/mol. The van der Waals surface area contributed by atoms with E-state index in [0.29, 0.717) is 28.7 Å². The number of aryl methyl sites for hydroxylation is 2. The molecule has 0 unspecified atom stereocenters. The number of rotatable bonds is 9. The molecule has 2 aromatic carbocycles. The summed E-state index contributed by atoms with van der Waals surface area (Å²) in [5.41, 5.74) is 4.03. The first-order chi connectivity index (χ1) is 13.4. The summed E-state index contributed by atoms with van der Waals surface area (Å²) in [7, 11) is 0. The highest BCUT2D eigenvalue weighted by Crippen LogP contribution is 2.26. The van der Waals surface area contributed by atoms with Gasteiger partial charge in [0.05, 0.1) is 0 Å². The molecule has 0 fully saturated rings. The number of hydrogen-bond acceptors (Lipinski definition) is 4. The minimum Gasteiger partial charge on any atom is -0.411 e. The van der Waals surface area contributed by atoms with Crippen LogP contribution in [0.25, 0.3) is 0 Å². The summed E-state index contributed by atoms with van der Waals surface area (Å²) in [5.74, 6) is -0.397. The van der Waals surface area contributed by atoms with Crippen LogP contribution in [0.1, 0.15) is 82.0 Å². The number of nitrogens with zero attached hydrogens (tertiary/aromatic N) is 1. The van der Waals surface area contributed by atoms with E-state index in [4.69, 9.17) is 0 Å². The second kappa shape index (κ2) is 9.98. The Bertz CT molecular complexity index is 882. The van der Waals surface area contributed by atoms with Crippen LogP contribution in [0.5, 0.6) is 0 Å². The van der Waals surface area contributed by atoms with E-state index in [9.17, 15) is 14.8 Å². The molecule has 28 heavy (non-hydrogen) atoms. The van der Waals surface area contributed by atoms with E-state index >= 15 is 0 Å². The molecule has 0 amide bonds. The molecule has 4 heteroatoms. The standard InChI is InChI=1S/C24H29NO3/c1-5-6-7-11-14-20(25-28)24(27)22-17(3)15-16(2)21(18(22)4)23(26)19-12-9-8-10-13-19/h8-10,12-13,15,28H,5-7,11,14H2,1-4H3. The van der Waals surface area contributed by atoms with Crippen LogP contribution in [-0.2, 0) is 0 Å². The second-order valence-electron chi connectivity index (χ2n) is 7.27. The number of Topliss-reactive ketones (excluding diaryl/α,β-unsaturated/α-hetero) is 1. The van der Waals surface area contributed by atoms with Crippen molar-refractivity contribution < 1.29 is 14.8 Å². The zero-order valence-corrected chi connectivity index (χ0v) is 17.2. The molecule has 1 N–H and O–H groups in total. The molecular weight excluding hydrogens is 350 g/mol. The van der Waals surface area contributed by atoms with Crippen molar-refractivity contribution in [1.82, 2.24) is 0 Å². The fourth-order valence-electron chi connectivity index (χ4n) is 3.69. The summed E-state index contributed by atoms with van der Waals surface area (Å²) in [6, 6.07) is 10.9. The van der Waals surface area contributed by atoms with Gasteiger partial charge in [-0.15, -0.1) is 0 Å². The van der Waals surface area contributed by atoms with E-state index in [1.165, 1.54) is 0 Å². The van der Waals surface area contributed by atoms with Gasteiger partial charge in [0.15, 0.2) is 5.78 Å². The van der Waals surface area contributed by atoms with Crippen LogP contribution >= 0.6 is 0 Å². The van der Waals surface area contributed by atoms with E-state index in [1.807, 2.05) is 38.1 Å². The highest BCUT2D eigenvalue weighted by atomic mass is 16.4. The Labute approximate surface area is 167 Å². The molecule has 2 aromatic rings. The van der Waals surface area contributed by atoms with Gasteiger partial charge in [0.2, 0.25) is 5.78 Å². The normalized spacial score (nSPS) is 11.5. The zero-order chi connectivity index (χ0) is 20.7. The molecule has 0 heterocycles. The van der Waals surface area contributed by atoms with Crippen molar-refractivity contribution in [1.29, 1.82) is 0 Å². The van der Waals surface area contributed by atoms with E-state index in [-0.39, 0.29) is 17.3 Å². The van der Waals surface area contributed by atoms with Gasteiger partial charge in [-0.3, -0.25) is 9.59 Å². The lowest BCUT2D eigenvalue weighted by molar-refractivity contribution is 0.103. The van der Waals surface area contributed by atoms with Crippen LogP contribution in [0.2, 0.25) is 0 Å². The van der Waals surface area contributed by atoms with Crippen molar-refractivity contribution in [3.8, 4) is 0 Å². The summed E-state index contributed by atoms with van der Waals surface area (Å²) in [4.78, 5) is 26.2. The van der Waals surface area contributed by atoms with Gasteiger partial charge in [0.1, 0.15) is 5.71 Å². The summed E-state index contributed by atoms with van der Waals surface area (Å²) >= 11 is 0. The molecule has 2 rings (SSSR count). The molecule has 0 spiro atoms. The SMILES string of the molecule is CCCCCCC(=NO)C(=O)c1c(C)cc(C)c(C(=O)c2ccccc2)c1C. The Morgan fingerprint density at radius 1 is 0.929 bits per heavy atom. The Balaban J connectivity index is 2.42. The van der Waals surface area contributed by atoms with Crippen molar-refractivity contribution in [3.63, 3.8) is 0 Å². The summed E-state index contributed by atoms with van der Waals surface area (Å²) < 4.78 is 0. The highest BCUT2D eigenvalue weighted by molar-refractivity contribution is 6.46. The number of hydrogen-bond donors (Lipinski definition) is 1. The van der Waals surface area contributed by atoms with Gasteiger partial charge in [-0.1, -0.05) is 67.7 Å².